The van der Waals surface area contributed by atoms with E-state index in [0.29, 0.717) is 12.2 Å². The molecule has 0 aliphatic carbocycles. The summed E-state index contributed by atoms with van der Waals surface area (Å²) in [5, 5.41) is 13.4. The van der Waals surface area contributed by atoms with Crippen molar-refractivity contribution in [3.63, 3.8) is 0 Å². The number of aryl methyl sites for hydroxylation is 1. The van der Waals surface area contributed by atoms with E-state index in [-0.39, 0.29) is 0 Å². The summed E-state index contributed by atoms with van der Waals surface area (Å²) in [6.07, 6.45) is 1.48. The van der Waals surface area contributed by atoms with Gasteiger partial charge in [-0.15, -0.1) is 0 Å². The van der Waals surface area contributed by atoms with E-state index >= 15 is 0 Å². The molecule has 0 fully saturated rings. The molecule has 0 unspecified atom stereocenters. The molecule has 0 aliphatic rings. The summed E-state index contributed by atoms with van der Waals surface area (Å²) in [6, 6.07) is 6.76. The highest BCUT2D eigenvalue weighted by Gasteiger charge is 2.27. The van der Waals surface area contributed by atoms with Gasteiger partial charge in [-0.05, 0) is 37.6 Å². The van der Waals surface area contributed by atoms with Crippen LogP contribution in [0.15, 0.2) is 35.1 Å². The standard InChI is InChI=1S/C15H18N2O3/c1-10-5-4-6-13(11(10)2)14(15(18)19)17(3)9-12-7-8-20-16-12/h4-8,14H,9H2,1-3H3,(H,18,19)/t14-/m1/s1. The predicted octanol–water partition coefficient (Wildman–Crippen LogP) is 2.55. The zero-order valence-electron chi connectivity index (χ0n) is 11.8. The van der Waals surface area contributed by atoms with Crippen LogP contribution in [0.5, 0.6) is 0 Å². The second kappa shape index (κ2) is 5.88. The summed E-state index contributed by atoms with van der Waals surface area (Å²) in [6.45, 7) is 4.35. The highest BCUT2D eigenvalue weighted by Crippen LogP contribution is 2.26. The van der Waals surface area contributed by atoms with Crippen LogP contribution in [-0.4, -0.2) is 28.2 Å². The molecule has 0 bridgehead atoms. The number of benzene rings is 1. The number of rotatable bonds is 5. The second-order valence-corrected chi connectivity index (χ2v) is 4.94. The van der Waals surface area contributed by atoms with Gasteiger partial charge in [0.15, 0.2) is 0 Å². The molecule has 0 aliphatic heterocycles. The first-order chi connectivity index (χ1) is 9.50. The quantitative estimate of drug-likeness (QED) is 0.907. The Hall–Kier alpha value is -2.14. The average Bonchev–Trinajstić information content (AvgIpc) is 2.87. The molecule has 2 rings (SSSR count). The Morgan fingerprint density at radius 2 is 2.15 bits per heavy atom. The molecule has 0 spiro atoms. The molecule has 0 saturated carbocycles. The second-order valence-electron chi connectivity index (χ2n) is 4.94. The Bertz CT molecular complexity index is 593. The number of carbonyl (C=O) groups is 1. The number of hydrogen-bond donors (Lipinski definition) is 1. The van der Waals surface area contributed by atoms with E-state index in [1.165, 1.54) is 6.26 Å². The maximum atomic E-state index is 11.6. The third-order valence-electron chi connectivity index (χ3n) is 3.52. The van der Waals surface area contributed by atoms with E-state index in [0.717, 1.165) is 16.7 Å². The lowest BCUT2D eigenvalue weighted by molar-refractivity contribution is -0.143. The minimum atomic E-state index is -0.871. The van der Waals surface area contributed by atoms with Crippen molar-refractivity contribution in [3.05, 3.63) is 52.9 Å². The maximum absolute atomic E-state index is 11.6. The van der Waals surface area contributed by atoms with Crippen LogP contribution in [0.4, 0.5) is 0 Å². The molecule has 20 heavy (non-hydrogen) atoms. The Morgan fingerprint density at radius 3 is 2.75 bits per heavy atom. The van der Waals surface area contributed by atoms with Gasteiger partial charge >= 0.3 is 5.97 Å². The number of carboxylic acid groups (broad SMARTS) is 1. The van der Waals surface area contributed by atoms with Gasteiger partial charge in [0, 0.05) is 12.6 Å². The largest absolute Gasteiger partial charge is 0.480 e. The van der Waals surface area contributed by atoms with Crippen LogP contribution in [0.2, 0.25) is 0 Å². The Labute approximate surface area is 117 Å². The van der Waals surface area contributed by atoms with Crippen molar-refractivity contribution in [2.45, 2.75) is 26.4 Å². The highest BCUT2D eigenvalue weighted by molar-refractivity contribution is 5.76. The molecule has 1 N–H and O–H groups in total. The molecular weight excluding hydrogens is 256 g/mol. The molecule has 5 heteroatoms. The highest BCUT2D eigenvalue weighted by atomic mass is 16.5. The fourth-order valence-electron chi connectivity index (χ4n) is 2.29. The number of aromatic nitrogens is 1. The lowest BCUT2D eigenvalue weighted by Gasteiger charge is -2.25. The Morgan fingerprint density at radius 1 is 1.40 bits per heavy atom. The third-order valence-corrected chi connectivity index (χ3v) is 3.52. The van der Waals surface area contributed by atoms with Crippen LogP contribution in [0.3, 0.4) is 0 Å². The van der Waals surface area contributed by atoms with Crippen molar-refractivity contribution in [3.8, 4) is 0 Å². The zero-order valence-corrected chi connectivity index (χ0v) is 11.8. The Kier molecular flexibility index (Phi) is 4.20. The molecule has 0 amide bonds. The monoisotopic (exact) mass is 274 g/mol. The number of aliphatic carboxylic acids is 1. The summed E-state index contributed by atoms with van der Waals surface area (Å²) in [7, 11) is 1.77. The SMILES string of the molecule is Cc1cccc([C@H](C(=O)O)N(C)Cc2ccon2)c1C. The van der Waals surface area contributed by atoms with E-state index < -0.39 is 12.0 Å². The van der Waals surface area contributed by atoms with E-state index in [1.54, 1.807) is 18.0 Å². The smallest absolute Gasteiger partial charge is 0.325 e. The van der Waals surface area contributed by atoms with Crippen LogP contribution < -0.4 is 0 Å². The number of hydrogen-bond acceptors (Lipinski definition) is 4. The molecule has 1 heterocycles. The van der Waals surface area contributed by atoms with Crippen LogP contribution in [0.25, 0.3) is 0 Å². The van der Waals surface area contributed by atoms with E-state index in [4.69, 9.17) is 4.52 Å². The molecule has 5 nitrogen and oxygen atoms in total. The molecule has 1 atom stereocenters. The first-order valence-corrected chi connectivity index (χ1v) is 6.39. The van der Waals surface area contributed by atoms with Gasteiger partial charge < -0.3 is 9.63 Å². The van der Waals surface area contributed by atoms with Crippen molar-refractivity contribution in [1.82, 2.24) is 10.1 Å². The lowest BCUT2D eigenvalue weighted by atomic mass is 9.96. The first kappa shape index (κ1) is 14.3. The van der Waals surface area contributed by atoms with Gasteiger partial charge in [-0.3, -0.25) is 9.69 Å². The van der Waals surface area contributed by atoms with Crippen molar-refractivity contribution in [1.29, 1.82) is 0 Å². The topological polar surface area (TPSA) is 66.6 Å². The number of carboxylic acids is 1. The van der Waals surface area contributed by atoms with E-state index in [1.807, 2.05) is 32.0 Å². The van der Waals surface area contributed by atoms with E-state index in [9.17, 15) is 9.90 Å². The van der Waals surface area contributed by atoms with Crippen LogP contribution in [0, 0.1) is 13.8 Å². The molecule has 1 aromatic heterocycles. The summed E-state index contributed by atoms with van der Waals surface area (Å²) >= 11 is 0. The molecule has 2 aromatic rings. The van der Waals surface area contributed by atoms with Gasteiger partial charge in [-0.25, -0.2) is 0 Å². The van der Waals surface area contributed by atoms with Crippen molar-refractivity contribution in [2.24, 2.45) is 0 Å². The van der Waals surface area contributed by atoms with E-state index in [2.05, 4.69) is 5.16 Å². The van der Waals surface area contributed by atoms with Crippen LogP contribution in [0.1, 0.15) is 28.4 Å². The van der Waals surface area contributed by atoms with Crippen LogP contribution >= 0.6 is 0 Å². The summed E-state index contributed by atoms with van der Waals surface area (Å²) in [4.78, 5) is 13.4. The number of nitrogens with zero attached hydrogens (tertiary/aromatic N) is 2. The van der Waals surface area contributed by atoms with Gasteiger partial charge in [0.1, 0.15) is 12.3 Å². The average molecular weight is 274 g/mol. The van der Waals surface area contributed by atoms with Gasteiger partial charge in [-0.2, -0.15) is 0 Å². The normalized spacial score (nSPS) is 12.6. The summed E-state index contributed by atoms with van der Waals surface area (Å²) in [5.41, 5.74) is 3.61. The fraction of sp³-hybridized carbons (Fsp3) is 0.333. The molecule has 0 radical (unpaired) electrons. The van der Waals surface area contributed by atoms with Gasteiger partial charge in [0.2, 0.25) is 0 Å². The molecule has 106 valence electrons. The van der Waals surface area contributed by atoms with Crippen molar-refractivity contribution >= 4 is 5.97 Å². The van der Waals surface area contributed by atoms with Gasteiger partial charge in [0.25, 0.3) is 0 Å². The lowest BCUT2D eigenvalue weighted by Crippen LogP contribution is -2.31. The molecule has 0 saturated heterocycles. The summed E-state index contributed by atoms with van der Waals surface area (Å²) in [5.74, 6) is -0.871. The third kappa shape index (κ3) is 2.88. The minimum absolute atomic E-state index is 0.418. The molecular formula is C15H18N2O3. The number of likely N-dealkylation sites (N-methyl/N-ethyl adjacent to an activating group) is 1. The maximum Gasteiger partial charge on any atom is 0.325 e. The molecule has 1 aromatic carbocycles. The van der Waals surface area contributed by atoms with Crippen molar-refractivity contribution in [2.75, 3.05) is 7.05 Å². The first-order valence-electron chi connectivity index (χ1n) is 6.39. The minimum Gasteiger partial charge on any atom is -0.480 e. The van der Waals surface area contributed by atoms with Crippen molar-refractivity contribution < 1.29 is 14.4 Å². The predicted molar refractivity (Wildman–Crippen MR) is 74.3 cm³/mol. The van der Waals surface area contributed by atoms with Crippen LogP contribution in [-0.2, 0) is 11.3 Å². The summed E-state index contributed by atoms with van der Waals surface area (Å²) < 4.78 is 4.78. The van der Waals surface area contributed by atoms with Gasteiger partial charge in [0.05, 0.1) is 5.69 Å². The fourth-order valence-corrected chi connectivity index (χ4v) is 2.29. The Balaban J connectivity index is 2.31. The zero-order chi connectivity index (χ0) is 14.7. The van der Waals surface area contributed by atoms with Gasteiger partial charge in [-0.1, -0.05) is 23.4 Å².